The van der Waals surface area contributed by atoms with Gasteiger partial charge in [-0.15, -0.1) is 0 Å². The molecule has 0 saturated heterocycles. The highest BCUT2D eigenvalue weighted by atomic mass is 16.3. The molecule has 0 aliphatic heterocycles. The van der Waals surface area contributed by atoms with Gasteiger partial charge in [0.15, 0.2) is 0 Å². The number of hydrogen-bond acceptors (Lipinski definition) is 3. The molecule has 5 nitrogen and oxygen atoms in total. The van der Waals surface area contributed by atoms with Crippen LogP contribution in [0.2, 0.25) is 0 Å². The van der Waals surface area contributed by atoms with Crippen molar-refractivity contribution in [2.45, 2.75) is 64.6 Å². The Morgan fingerprint density at radius 3 is 2.44 bits per heavy atom. The van der Waals surface area contributed by atoms with E-state index in [1.54, 1.807) is 6.92 Å². The molecule has 0 aromatic rings. The third kappa shape index (κ3) is 3.98. The third-order valence-corrected chi connectivity index (χ3v) is 3.57. The Labute approximate surface area is 108 Å². The quantitative estimate of drug-likeness (QED) is 0.673. The molecule has 2 amide bonds. The van der Waals surface area contributed by atoms with Crippen molar-refractivity contribution in [2.24, 2.45) is 5.92 Å². The third-order valence-electron chi connectivity index (χ3n) is 3.57. The van der Waals surface area contributed by atoms with E-state index in [9.17, 15) is 14.7 Å². The summed E-state index contributed by atoms with van der Waals surface area (Å²) in [6.07, 6.45) is 2.54. The molecule has 3 N–H and O–H groups in total. The summed E-state index contributed by atoms with van der Waals surface area (Å²) in [7, 11) is 0. The van der Waals surface area contributed by atoms with Gasteiger partial charge < -0.3 is 15.7 Å². The molecule has 1 aliphatic rings. The molecule has 104 valence electrons. The van der Waals surface area contributed by atoms with Crippen LogP contribution < -0.4 is 10.6 Å². The number of carbonyl (C=O) groups excluding carboxylic acids is 2. The molecule has 1 fully saturated rings. The lowest BCUT2D eigenvalue weighted by atomic mass is 10.0. The largest absolute Gasteiger partial charge is 0.392 e. The molecule has 1 aliphatic carbocycles. The summed E-state index contributed by atoms with van der Waals surface area (Å²) in [5, 5.41) is 15.1. The van der Waals surface area contributed by atoms with Crippen LogP contribution in [0.3, 0.4) is 0 Å². The average molecular weight is 256 g/mol. The van der Waals surface area contributed by atoms with E-state index >= 15 is 0 Å². The monoisotopic (exact) mass is 256 g/mol. The highest BCUT2D eigenvalue weighted by Gasteiger charge is 2.32. The number of aliphatic hydroxyl groups is 1. The first-order valence-corrected chi connectivity index (χ1v) is 6.74. The zero-order valence-corrected chi connectivity index (χ0v) is 11.4. The summed E-state index contributed by atoms with van der Waals surface area (Å²) in [5.41, 5.74) is 0. The molecule has 5 heteroatoms. The van der Waals surface area contributed by atoms with Crippen LogP contribution in [0, 0.1) is 5.92 Å². The number of hydrogen-bond donors (Lipinski definition) is 3. The lowest BCUT2D eigenvalue weighted by molar-refractivity contribution is -0.132. The minimum absolute atomic E-state index is 0.105. The van der Waals surface area contributed by atoms with Gasteiger partial charge in [0, 0.05) is 6.04 Å². The van der Waals surface area contributed by atoms with Crippen LogP contribution in [0.25, 0.3) is 0 Å². The van der Waals surface area contributed by atoms with E-state index in [1.165, 1.54) is 0 Å². The Kier molecular flexibility index (Phi) is 5.59. The highest BCUT2D eigenvalue weighted by Crippen LogP contribution is 2.25. The Bertz CT molecular complexity index is 307. The van der Waals surface area contributed by atoms with Crippen LogP contribution >= 0.6 is 0 Å². The van der Waals surface area contributed by atoms with Gasteiger partial charge in [0.1, 0.15) is 6.04 Å². The van der Waals surface area contributed by atoms with Gasteiger partial charge in [-0.25, -0.2) is 0 Å². The van der Waals surface area contributed by atoms with Crippen molar-refractivity contribution in [1.29, 1.82) is 0 Å². The molecule has 4 atom stereocenters. The second-order valence-electron chi connectivity index (χ2n) is 5.15. The molecular formula is C13H24N2O3. The van der Waals surface area contributed by atoms with Gasteiger partial charge >= 0.3 is 0 Å². The molecular weight excluding hydrogens is 232 g/mol. The van der Waals surface area contributed by atoms with Crippen molar-refractivity contribution < 1.29 is 14.7 Å². The lowest BCUT2D eigenvalue weighted by Crippen LogP contribution is -2.49. The van der Waals surface area contributed by atoms with Gasteiger partial charge in [-0.1, -0.05) is 6.92 Å². The fraction of sp³-hybridized carbons (Fsp3) is 0.846. The molecule has 0 aromatic heterocycles. The predicted octanol–water partition coefficient (Wildman–Crippen LogP) is 0.567. The van der Waals surface area contributed by atoms with Crippen LogP contribution in [0.15, 0.2) is 0 Å². The van der Waals surface area contributed by atoms with E-state index < -0.39 is 12.1 Å². The second kappa shape index (κ2) is 6.73. The van der Waals surface area contributed by atoms with Gasteiger partial charge in [0.05, 0.1) is 12.0 Å². The van der Waals surface area contributed by atoms with Gasteiger partial charge in [-0.05, 0) is 39.5 Å². The minimum Gasteiger partial charge on any atom is -0.392 e. The van der Waals surface area contributed by atoms with Crippen LogP contribution in [0.5, 0.6) is 0 Å². The van der Waals surface area contributed by atoms with Crippen molar-refractivity contribution >= 4 is 11.8 Å². The Balaban J connectivity index is 2.41. The minimum atomic E-state index is -0.560. The van der Waals surface area contributed by atoms with Crippen molar-refractivity contribution in [1.82, 2.24) is 10.6 Å². The first-order chi connectivity index (χ1) is 8.45. The summed E-state index contributed by atoms with van der Waals surface area (Å²) in [5.74, 6) is -0.749. The highest BCUT2D eigenvalue weighted by molar-refractivity contribution is 5.88. The second-order valence-corrected chi connectivity index (χ2v) is 5.15. The summed E-state index contributed by atoms with van der Waals surface area (Å²) < 4.78 is 0. The van der Waals surface area contributed by atoms with Crippen molar-refractivity contribution in [3.63, 3.8) is 0 Å². The molecule has 0 heterocycles. The van der Waals surface area contributed by atoms with E-state index in [0.717, 1.165) is 12.8 Å². The maximum absolute atomic E-state index is 11.9. The zero-order valence-electron chi connectivity index (χ0n) is 11.4. The standard InChI is InChI=1S/C13H24N2O3/c1-4-8(2)14-12(17)9(3)15-13(18)10-6-5-7-11(10)16/h8-11,16H,4-7H2,1-3H3,(H,14,17)(H,15,18). The van der Waals surface area contributed by atoms with Gasteiger partial charge in [0.2, 0.25) is 11.8 Å². The first-order valence-electron chi connectivity index (χ1n) is 6.74. The topological polar surface area (TPSA) is 78.4 Å². The van der Waals surface area contributed by atoms with E-state index in [0.29, 0.717) is 12.8 Å². The van der Waals surface area contributed by atoms with Crippen LogP contribution in [-0.2, 0) is 9.59 Å². The molecule has 0 bridgehead atoms. The van der Waals surface area contributed by atoms with Crippen LogP contribution in [0.4, 0.5) is 0 Å². The van der Waals surface area contributed by atoms with Crippen LogP contribution in [0.1, 0.15) is 46.5 Å². The lowest BCUT2D eigenvalue weighted by Gasteiger charge is -2.20. The number of aliphatic hydroxyl groups excluding tert-OH is 1. The van der Waals surface area contributed by atoms with Gasteiger partial charge in [-0.3, -0.25) is 9.59 Å². The SMILES string of the molecule is CCC(C)NC(=O)C(C)NC(=O)C1CCCC1O. The van der Waals surface area contributed by atoms with Crippen LogP contribution in [-0.4, -0.2) is 35.1 Å². The van der Waals surface area contributed by atoms with E-state index in [2.05, 4.69) is 10.6 Å². The van der Waals surface area contributed by atoms with Crippen molar-refractivity contribution in [3.8, 4) is 0 Å². The summed E-state index contributed by atoms with van der Waals surface area (Å²) in [4.78, 5) is 23.6. The summed E-state index contributed by atoms with van der Waals surface area (Å²) >= 11 is 0. The molecule has 1 rings (SSSR count). The number of carbonyl (C=O) groups is 2. The Morgan fingerprint density at radius 2 is 1.94 bits per heavy atom. The average Bonchev–Trinajstić information content (AvgIpc) is 2.75. The van der Waals surface area contributed by atoms with Gasteiger partial charge in [-0.2, -0.15) is 0 Å². The maximum Gasteiger partial charge on any atom is 0.242 e. The summed E-state index contributed by atoms with van der Waals surface area (Å²) in [6.45, 7) is 5.58. The normalized spacial score (nSPS) is 26.4. The molecule has 18 heavy (non-hydrogen) atoms. The fourth-order valence-electron chi connectivity index (χ4n) is 2.10. The zero-order chi connectivity index (χ0) is 13.7. The first kappa shape index (κ1) is 15.0. The fourth-order valence-corrected chi connectivity index (χ4v) is 2.10. The van der Waals surface area contributed by atoms with E-state index in [-0.39, 0.29) is 23.8 Å². The maximum atomic E-state index is 11.9. The van der Waals surface area contributed by atoms with Crippen molar-refractivity contribution in [2.75, 3.05) is 0 Å². The molecule has 1 saturated carbocycles. The number of amides is 2. The Hall–Kier alpha value is -1.10. The van der Waals surface area contributed by atoms with Crippen molar-refractivity contribution in [3.05, 3.63) is 0 Å². The molecule has 0 radical (unpaired) electrons. The summed E-state index contributed by atoms with van der Waals surface area (Å²) in [6, 6.07) is -0.451. The molecule has 4 unspecified atom stereocenters. The molecule has 0 aromatic carbocycles. The van der Waals surface area contributed by atoms with E-state index in [1.807, 2.05) is 13.8 Å². The van der Waals surface area contributed by atoms with Gasteiger partial charge in [0.25, 0.3) is 0 Å². The Morgan fingerprint density at radius 1 is 1.28 bits per heavy atom. The smallest absolute Gasteiger partial charge is 0.242 e. The number of nitrogens with one attached hydrogen (secondary N) is 2. The van der Waals surface area contributed by atoms with E-state index in [4.69, 9.17) is 0 Å². The number of rotatable bonds is 5. The molecule has 0 spiro atoms. The predicted molar refractivity (Wildman–Crippen MR) is 68.8 cm³/mol.